The fourth-order valence-corrected chi connectivity index (χ4v) is 6.20. The van der Waals surface area contributed by atoms with Crippen molar-refractivity contribution < 1.29 is 17.7 Å². The SMILES string of the molecule is Cc1nc(C2(NC(=O)c3cccc(S(=O)(=O)N4CCc5ccccc54)c3)CCCC2)no1. The second kappa shape index (κ2) is 7.74. The van der Waals surface area contributed by atoms with Gasteiger partial charge in [0.05, 0.1) is 10.6 Å². The van der Waals surface area contributed by atoms with E-state index in [0.717, 1.165) is 18.4 Å². The van der Waals surface area contributed by atoms with Crippen LogP contribution in [0.25, 0.3) is 0 Å². The predicted octanol–water partition coefficient (Wildman–Crippen LogP) is 3.33. The van der Waals surface area contributed by atoms with Crippen molar-refractivity contribution in [3.8, 4) is 0 Å². The van der Waals surface area contributed by atoms with Crippen molar-refractivity contribution in [1.29, 1.82) is 0 Å². The number of fused-ring (bicyclic) bond motifs is 1. The van der Waals surface area contributed by atoms with Gasteiger partial charge in [-0.3, -0.25) is 9.10 Å². The highest BCUT2D eigenvalue weighted by atomic mass is 32.2. The molecule has 0 unspecified atom stereocenters. The van der Waals surface area contributed by atoms with Crippen LogP contribution < -0.4 is 9.62 Å². The maximum atomic E-state index is 13.4. The molecule has 1 aliphatic heterocycles. The summed E-state index contributed by atoms with van der Waals surface area (Å²) >= 11 is 0. The van der Waals surface area contributed by atoms with E-state index in [1.54, 1.807) is 19.1 Å². The maximum absolute atomic E-state index is 13.4. The van der Waals surface area contributed by atoms with Gasteiger partial charge in [0, 0.05) is 19.0 Å². The number of aryl methyl sites for hydroxylation is 1. The highest BCUT2D eigenvalue weighted by Gasteiger charge is 2.41. The summed E-state index contributed by atoms with van der Waals surface area (Å²) in [5.74, 6) is 0.561. The number of para-hydroxylation sites is 1. The number of nitrogens with one attached hydrogen (secondary N) is 1. The van der Waals surface area contributed by atoms with E-state index in [-0.39, 0.29) is 16.4 Å². The van der Waals surface area contributed by atoms with E-state index < -0.39 is 15.6 Å². The van der Waals surface area contributed by atoms with Gasteiger partial charge in [0.15, 0.2) is 5.82 Å². The van der Waals surface area contributed by atoms with E-state index in [1.165, 1.54) is 16.4 Å². The third-order valence-electron chi connectivity index (χ3n) is 6.29. The minimum Gasteiger partial charge on any atom is -0.340 e. The molecule has 2 aliphatic rings. The molecule has 5 rings (SSSR count). The van der Waals surface area contributed by atoms with Gasteiger partial charge < -0.3 is 9.84 Å². The summed E-state index contributed by atoms with van der Waals surface area (Å²) in [5, 5.41) is 7.11. The molecular formula is C23H24N4O4S. The quantitative estimate of drug-likeness (QED) is 0.637. The van der Waals surface area contributed by atoms with Crippen molar-refractivity contribution in [2.45, 2.75) is 49.5 Å². The van der Waals surface area contributed by atoms with Crippen LogP contribution in [-0.4, -0.2) is 31.0 Å². The molecule has 166 valence electrons. The standard InChI is InChI=1S/C23H24N4O4S/c1-16-24-22(26-31-16)23(12-4-5-13-23)25-21(28)18-8-6-9-19(15-18)32(29,30)27-14-11-17-7-2-3-10-20(17)27/h2-3,6-10,15H,4-5,11-14H2,1H3,(H,25,28). The molecule has 1 N–H and O–H groups in total. The van der Waals surface area contributed by atoms with E-state index in [9.17, 15) is 13.2 Å². The smallest absolute Gasteiger partial charge is 0.264 e. The average molecular weight is 453 g/mol. The lowest BCUT2D eigenvalue weighted by Gasteiger charge is -2.27. The zero-order valence-corrected chi connectivity index (χ0v) is 18.6. The molecule has 8 nitrogen and oxygen atoms in total. The lowest BCUT2D eigenvalue weighted by molar-refractivity contribution is 0.0891. The van der Waals surface area contributed by atoms with Crippen LogP contribution in [0.15, 0.2) is 57.9 Å². The number of aromatic nitrogens is 2. The molecule has 32 heavy (non-hydrogen) atoms. The second-order valence-electron chi connectivity index (χ2n) is 8.36. The molecule has 2 heterocycles. The first-order chi connectivity index (χ1) is 15.4. The molecule has 0 radical (unpaired) electrons. The van der Waals surface area contributed by atoms with Crippen molar-refractivity contribution in [1.82, 2.24) is 15.5 Å². The number of rotatable bonds is 5. The molecule has 9 heteroatoms. The Labute approximate surface area is 186 Å². The highest BCUT2D eigenvalue weighted by Crippen LogP contribution is 2.38. The Morgan fingerprint density at radius 2 is 1.91 bits per heavy atom. The van der Waals surface area contributed by atoms with Crippen LogP contribution in [0.5, 0.6) is 0 Å². The van der Waals surface area contributed by atoms with Gasteiger partial charge >= 0.3 is 0 Å². The minimum atomic E-state index is -3.79. The molecular weight excluding hydrogens is 428 g/mol. The van der Waals surface area contributed by atoms with E-state index in [1.807, 2.05) is 24.3 Å². The third kappa shape index (κ3) is 3.46. The molecule has 1 amide bonds. The van der Waals surface area contributed by atoms with Gasteiger partial charge in [0.25, 0.3) is 15.9 Å². The molecule has 1 saturated carbocycles. The number of hydrogen-bond donors (Lipinski definition) is 1. The predicted molar refractivity (Wildman–Crippen MR) is 118 cm³/mol. The summed E-state index contributed by atoms with van der Waals surface area (Å²) in [4.78, 5) is 17.6. The largest absolute Gasteiger partial charge is 0.340 e. The van der Waals surface area contributed by atoms with Gasteiger partial charge in [-0.05, 0) is 49.1 Å². The first-order valence-corrected chi connectivity index (χ1v) is 12.2. The van der Waals surface area contributed by atoms with E-state index in [4.69, 9.17) is 4.52 Å². The molecule has 1 fully saturated rings. The van der Waals surface area contributed by atoms with Crippen LogP contribution in [0.1, 0.15) is 53.3 Å². The Balaban J connectivity index is 1.43. The van der Waals surface area contributed by atoms with Gasteiger partial charge in [0.2, 0.25) is 5.89 Å². The van der Waals surface area contributed by atoms with Gasteiger partial charge in [-0.2, -0.15) is 4.98 Å². The van der Waals surface area contributed by atoms with Gasteiger partial charge in [-0.1, -0.05) is 42.3 Å². The molecule has 3 aromatic rings. The van der Waals surface area contributed by atoms with Crippen molar-refractivity contribution in [3.05, 3.63) is 71.4 Å². The Hall–Kier alpha value is -3.20. The van der Waals surface area contributed by atoms with E-state index in [0.29, 0.717) is 43.2 Å². The molecule has 0 spiro atoms. The monoisotopic (exact) mass is 452 g/mol. The normalized spacial score (nSPS) is 17.3. The van der Waals surface area contributed by atoms with Crippen molar-refractivity contribution >= 4 is 21.6 Å². The number of nitrogens with zero attached hydrogens (tertiary/aromatic N) is 3. The van der Waals surface area contributed by atoms with Crippen LogP contribution in [0.4, 0.5) is 5.69 Å². The topological polar surface area (TPSA) is 105 Å². The Morgan fingerprint density at radius 1 is 1.12 bits per heavy atom. The van der Waals surface area contributed by atoms with Gasteiger partial charge in [-0.15, -0.1) is 0 Å². The average Bonchev–Trinajstić information content (AvgIpc) is 3.54. The lowest BCUT2D eigenvalue weighted by atomic mass is 9.96. The van der Waals surface area contributed by atoms with E-state index >= 15 is 0 Å². The third-order valence-corrected chi connectivity index (χ3v) is 8.10. The molecule has 1 aliphatic carbocycles. The zero-order valence-electron chi connectivity index (χ0n) is 17.7. The summed E-state index contributed by atoms with van der Waals surface area (Å²) in [6, 6.07) is 13.7. The van der Waals surface area contributed by atoms with Crippen LogP contribution in [0.3, 0.4) is 0 Å². The zero-order chi connectivity index (χ0) is 22.3. The number of benzene rings is 2. The van der Waals surface area contributed by atoms with Crippen LogP contribution in [0, 0.1) is 6.92 Å². The summed E-state index contributed by atoms with van der Waals surface area (Å²) in [6.45, 7) is 2.10. The number of amides is 1. The van der Waals surface area contributed by atoms with Crippen LogP contribution in [-0.2, 0) is 22.0 Å². The summed E-state index contributed by atoms with van der Waals surface area (Å²) in [5.41, 5.74) is 1.28. The number of carbonyl (C=O) groups is 1. The minimum absolute atomic E-state index is 0.0951. The van der Waals surface area contributed by atoms with Gasteiger partial charge in [0.1, 0.15) is 5.54 Å². The Bertz CT molecular complexity index is 1280. The molecule has 1 aromatic heterocycles. The molecule has 0 saturated heterocycles. The number of anilines is 1. The number of carbonyl (C=O) groups excluding carboxylic acids is 1. The molecule has 0 atom stereocenters. The fourth-order valence-electron chi connectivity index (χ4n) is 4.65. The van der Waals surface area contributed by atoms with Gasteiger partial charge in [-0.25, -0.2) is 8.42 Å². The van der Waals surface area contributed by atoms with Crippen molar-refractivity contribution in [2.24, 2.45) is 0 Å². The van der Waals surface area contributed by atoms with Crippen molar-refractivity contribution in [2.75, 3.05) is 10.8 Å². The lowest BCUT2D eigenvalue weighted by Crippen LogP contribution is -2.44. The fraction of sp³-hybridized carbons (Fsp3) is 0.348. The summed E-state index contributed by atoms with van der Waals surface area (Å²) in [7, 11) is -3.79. The number of sulfonamides is 1. The van der Waals surface area contributed by atoms with Crippen LogP contribution >= 0.6 is 0 Å². The van der Waals surface area contributed by atoms with Crippen molar-refractivity contribution in [3.63, 3.8) is 0 Å². The molecule has 2 aromatic carbocycles. The first kappa shape index (κ1) is 20.7. The Morgan fingerprint density at radius 3 is 2.66 bits per heavy atom. The Kier molecular flexibility index (Phi) is 5.00. The number of hydrogen-bond acceptors (Lipinski definition) is 6. The first-order valence-electron chi connectivity index (χ1n) is 10.7. The second-order valence-corrected chi connectivity index (χ2v) is 10.2. The molecule has 0 bridgehead atoms. The van der Waals surface area contributed by atoms with Crippen LogP contribution in [0.2, 0.25) is 0 Å². The maximum Gasteiger partial charge on any atom is 0.264 e. The highest BCUT2D eigenvalue weighted by molar-refractivity contribution is 7.92. The summed E-state index contributed by atoms with van der Waals surface area (Å²) < 4.78 is 33.3. The van der Waals surface area contributed by atoms with E-state index in [2.05, 4.69) is 15.5 Å². The summed E-state index contributed by atoms with van der Waals surface area (Å²) in [6.07, 6.45) is 3.97.